The predicted molar refractivity (Wildman–Crippen MR) is 194 cm³/mol. The van der Waals surface area contributed by atoms with Gasteiger partial charge in [0, 0.05) is 38.6 Å². The van der Waals surface area contributed by atoms with Crippen molar-refractivity contribution in [1.29, 1.82) is 0 Å². The third kappa shape index (κ3) is 6.85. The van der Waals surface area contributed by atoms with Crippen LogP contribution in [0, 0.1) is 5.92 Å². The monoisotopic (exact) mass is 746 g/mol. The van der Waals surface area contributed by atoms with Crippen molar-refractivity contribution in [2.24, 2.45) is 5.92 Å². The van der Waals surface area contributed by atoms with E-state index in [4.69, 9.17) is 14.2 Å². The fourth-order valence-corrected chi connectivity index (χ4v) is 9.63. The zero-order valence-corrected chi connectivity index (χ0v) is 30.9. The number of rotatable bonds is 11. The van der Waals surface area contributed by atoms with Crippen LogP contribution in [-0.4, -0.2) is 77.4 Å². The Morgan fingerprint density at radius 3 is 2.50 bits per heavy atom. The summed E-state index contributed by atoms with van der Waals surface area (Å²) in [6.45, 7) is 8.61. The minimum Gasteiger partial charge on any atom is -0.483 e. The number of ether oxygens (including phenoxy) is 4. The molecule has 2 aliphatic heterocycles. The van der Waals surface area contributed by atoms with Crippen LogP contribution in [0.3, 0.4) is 0 Å². The first-order valence-corrected chi connectivity index (χ1v) is 18.5. The Balaban J connectivity index is 1.29. The summed E-state index contributed by atoms with van der Waals surface area (Å²) in [7, 11) is 0. The van der Waals surface area contributed by atoms with Crippen molar-refractivity contribution >= 4 is 23.9 Å². The second-order valence-corrected chi connectivity index (χ2v) is 15.2. The van der Waals surface area contributed by atoms with Gasteiger partial charge in [0.05, 0.1) is 17.5 Å². The Hall–Kier alpha value is -4.84. The lowest BCUT2D eigenvalue weighted by atomic mass is 9.48. The summed E-state index contributed by atoms with van der Waals surface area (Å²) in [5.41, 5.74) is 1.63. The Morgan fingerprint density at radius 2 is 1.80 bits per heavy atom. The minimum atomic E-state index is -4.85. The molecular weight excluding hydrogens is 701 g/mol. The summed E-state index contributed by atoms with van der Waals surface area (Å²) in [4.78, 5) is 44.1. The number of hydrogen-bond donors (Lipinski definition) is 0. The fraction of sp³-hybridized carbons (Fsp3) is 0.452. The van der Waals surface area contributed by atoms with Gasteiger partial charge in [-0.25, -0.2) is 0 Å². The zero-order chi connectivity index (χ0) is 38.4. The Kier molecular flexibility index (Phi) is 10.0. The maximum Gasteiger partial charge on any atom is 0.573 e. The molecule has 3 aromatic rings. The molecule has 0 aromatic heterocycles. The van der Waals surface area contributed by atoms with Gasteiger partial charge in [-0.2, -0.15) is 0 Å². The molecule has 3 aromatic carbocycles. The molecule has 1 saturated heterocycles. The molecule has 12 heteroatoms. The second-order valence-electron chi connectivity index (χ2n) is 15.2. The van der Waals surface area contributed by atoms with E-state index in [2.05, 4.69) is 21.8 Å². The molecule has 0 N–H and O–H groups in total. The Morgan fingerprint density at radius 1 is 1.02 bits per heavy atom. The molecule has 0 radical (unpaired) electrons. The molecule has 1 amide bonds. The van der Waals surface area contributed by atoms with E-state index in [1.165, 1.54) is 49.8 Å². The van der Waals surface area contributed by atoms with E-state index < -0.39 is 41.5 Å². The SMILES string of the molecule is CC(=O)Oc1ccc2c3c1O[C@H]1[C@H](N(CC(C)C)C(=O)C=Cc4cccc(OC(F)(F)F)c4)CC[C@@]4(OC(C)=O)[C@@H](C2)N(CCc2ccccc2)CC[C@]314. The van der Waals surface area contributed by atoms with Gasteiger partial charge in [0.2, 0.25) is 5.91 Å². The minimum absolute atomic E-state index is 0.0541. The van der Waals surface area contributed by atoms with Gasteiger partial charge in [-0.05, 0) is 85.5 Å². The first-order chi connectivity index (χ1) is 25.7. The highest BCUT2D eigenvalue weighted by Gasteiger charge is 2.75. The highest BCUT2D eigenvalue weighted by Crippen LogP contribution is 2.67. The van der Waals surface area contributed by atoms with Crippen LogP contribution >= 0.6 is 0 Å². The number of benzene rings is 3. The van der Waals surface area contributed by atoms with Crippen molar-refractivity contribution < 1.29 is 46.5 Å². The first kappa shape index (κ1) is 37.5. The number of nitrogens with zero attached hydrogens (tertiary/aromatic N) is 2. The molecule has 5 atom stereocenters. The van der Waals surface area contributed by atoms with Crippen LogP contribution in [0.1, 0.15) is 69.2 Å². The average Bonchev–Trinajstić information content (AvgIpc) is 3.45. The van der Waals surface area contributed by atoms with Gasteiger partial charge in [0.1, 0.15) is 17.5 Å². The number of halogens is 3. The lowest BCUT2D eigenvalue weighted by Crippen LogP contribution is -2.79. The molecule has 2 fully saturated rings. The topological polar surface area (TPSA) is 94.6 Å². The normalized spacial score (nSPS) is 25.5. The molecule has 2 bridgehead atoms. The van der Waals surface area contributed by atoms with Crippen molar-refractivity contribution in [2.45, 2.75) is 95.4 Å². The standard InChI is InChI=1S/C42H45F3N2O7/c1-26(2)25-47(36(50)16-13-30-11-8-12-32(23-30)54-42(43,44)45)33-17-19-41(53-28(4)49)35-24-31-14-15-34(51-27(3)48)38-37(31)40(41,39(33)52-38)20-22-46(35)21-18-29-9-6-5-7-10-29/h5-16,23,26,33,35,39H,17-22,24-25H2,1-4H3/t33-,35-,39+,40+,41-/m1/s1. The van der Waals surface area contributed by atoms with E-state index >= 15 is 0 Å². The number of piperidine rings is 1. The van der Waals surface area contributed by atoms with Crippen LogP contribution in [0.2, 0.25) is 0 Å². The molecule has 9 nitrogen and oxygen atoms in total. The predicted octanol–water partition coefficient (Wildman–Crippen LogP) is 7.04. The van der Waals surface area contributed by atoms with Gasteiger partial charge >= 0.3 is 18.3 Å². The van der Waals surface area contributed by atoms with Crippen molar-refractivity contribution in [2.75, 3.05) is 19.6 Å². The third-order valence-electron chi connectivity index (χ3n) is 11.4. The van der Waals surface area contributed by atoms with E-state index in [1.807, 2.05) is 38.1 Å². The Labute approximate surface area is 313 Å². The largest absolute Gasteiger partial charge is 0.573 e. The number of likely N-dealkylation sites (tertiary alicyclic amines) is 1. The van der Waals surface area contributed by atoms with Gasteiger partial charge in [-0.15, -0.1) is 13.2 Å². The van der Waals surface area contributed by atoms with Crippen LogP contribution in [0.15, 0.2) is 72.8 Å². The smallest absolute Gasteiger partial charge is 0.483 e. The molecule has 54 heavy (non-hydrogen) atoms. The van der Waals surface area contributed by atoms with E-state index in [0.29, 0.717) is 50.1 Å². The zero-order valence-electron chi connectivity index (χ0n) is 30.9. The number of carbonyl (C=O) groups is 3. The Bertz CT molecular complexity index is 1950. The van der Waals surface area contributed by atoms with E-state index in [1.54, 1.807) is 17.0 Å². The molecule has 7 rings (SSSR count). The van der Waals surface area contributed by atoms with Gasteiger partial charge in [-0.1, -0.05) is 62.4 Å². The van der Waals surface area contributed by atoms with Crippen molar-refractivity contribution in [1.82, 2.24) is 9.80 Å². The first-order valence-electron chi connectivity index (χ1n) is 18.5. The maximum atomic E-state index is 14.3. The van der Waals surface area contributed by atoms with Gasteiger partial charge in [0.25, 0.3) is 0 Å². The molecule has 2 heterocycles. The summed E-state index contributed by atoms with van der Waals surface area (Å²) < 4.78 is 62.2. The van der Waals surface area contributed by atoms with Gasteiger partial charge in [-0.3, -0.25) is 19.3 Å². The lowest BCUT2D eigenvalue weighted by molar-refractivity contribution is -0.274. The number of esters is 2. The quantitative estimate of drug-likeness (QED) is 0.117. The lowest BCUT2D eigenvalue weighted by Gasteiger charge is -2.65. The molecule has 0 unspecified atom stereocenters. The van der Waals surface area contributed by atoms with Gasteiger partial charge < -0.3 is 23.8 Å². The highest BCUT2D eigenvalue weighted by molar-refractivity contribution is 5.92. The van der Waals surface area contributed by atoms with Crippen molar-refractivity contribution in [3.63, 3.8) is 0 Å². The third-order valence-corrected chi connectivity index (χ3v) is 11.4. The molecule has 2 aliphatic carbocycles. The van der Waals surface area contributed by atoms with E-state index in [-0.39, 0.29) is 29.4 Å². The molecule has 286 valence electrons. The highest BCUT2D eigenvalue weighted by atomic mass is 19.4. The molecule has 1 saturated carbocycles. The summed E-state index contributed by atoms with van der Waals surface area (Å²) >= 11 is 0. The van der Waals surface area contributed by atoms with Crippen LogP contribution in [0.4, 0.5) is 13.2 Å². The fourth-order valence-electron chi connectivity index (χ4n) is 9.63. The second kappa shape index (κ2) is 14.4. The van der Waals surface area contributed by atoms with Crippen LogP contribution < -0.4 is 14.2 Å². The summed E-state index contributed by atoms with van der Waals surface area (Å²) in [6.07, 6.45) is 0.247. The molecule has 4 aliphatic rings. The number of hydrogen-bond acceptors (Lipinski definition) is 8. The summed E-state index contributed by atoms with van der Waals surface area (Å²) in [5, 5.41) is 0. The number of carbonyl (C=O) groups excluding carboxylic acids is 3. The van der Waals surface area contributed by atoms with Crippen LogP contribution in [0.25, 0.3) is 6.08 Å². The van der Waals surface area contributed by atoms with Crippen LogP contribution in [0.5, 0.6) is 17.2 Å². The maximum absolute atomic E-state index is 14.3. The number of amides is 1. The summed E-state index contributed by atoms with van der Waals surface area (Å²) in [6, 6.07) is 18.8. The number of alkyl halides is 3. The van der Waals surface area contributed by atoms with Crippen molar-refractivity contribution in [3.8, 4) is 17.2 Å². The van der Waals surface area contributed by atoms with Gasteiger partial charge in [0.15, 0.2) is 11.5 Å². The summed E-state index contributed by atoms with van der Waals surface area (Å²) in [5.74, 6) is -0.833. The molecule has 1 spiro atoms. The molecular formula is C42H45F3N2O7. The van der Waals surface area contributed by atoms with Crippen molar-refractivity contribution in [3.05, 3.63) is 95.1 Å². The van der Waals surface area contributed by atoms with E-state index in [9.17, 15) is 27.6 Å². The van der Waals surface area contributed by atoms with Crippen LogP contribution in [-0.2, 0) is 37.4 Å². The average molecular weight is 747 g/mol. The van der Waals surface area contributed by atoms with E-state index in [0.717, 1.165) is 24.1 Å².